The van der Waals surface area contributed by atoms with Crippen LogP contribution in [0.4, 0.5) is 11.6 Å². The Morgan fingerprint density at radius 3 is 3.09 bits per heavy atom. The minimum Gasteiger partial charge on any atom is -0.394 e. The third-order valence-corrected chi connectivity index (χ3v) is 4.57. The molecule has 22 heavy (non-hydrogen) atoms. The monoisotopic (exact) mass is 306 g/mol. The molecule has 0 amide bonds. The number of aliphatic hydroxyl groups is 1. The van der Waals surface area contributed by atoms with Crippen LogP contribution in [-0.4, -0.2) is 53.0 Å². The number of nitrogens with one attached hydrogen (secondary N) is 1. The Morgan fingerprint density at radius 2 is 2.32 bits per heavy atom. The molecule has 0 aliphatic carbocycles. The summed E-state index contributed by atoms with van der Waals surface area (Å²) < 4.78 is 5.69. The number of rotatable bonds is 6. The summed E-state index contributed by atoms with van der Waals surface area (Å²) in [5, 5.41) is 12.9. The number of hydrogen-bond donors (Lipinski definition) is 2. The van der Waals surface area contributed by atoms with Crippen molar-refractivity contribution in [1.82, 2.24) is 9.97 Å². The molecule has 0 spiro atoms. The van der Waals surface area contributed by atoms with Gasteiger partial charge in [-0.2, -0.15) is 0 Å². The van der Waals surface area contributed by atoms with Crippen LogP contribution in [-0.2, 0) is 4.74 Å². The molecule has 0 radical (unpaired) electrons. The van der Waals surface area contributed by atoms with Crippen LogP contribution in [0.1, 0.15) is 39.0 Å². The molecule has 3 heterocycles. The van der Waals surface area contributed by atoms with E-state index in [9.17, 15) is 5.11 Å². The van der Waals surface area contributed by atoms with E-state index in [4.69, 9.17) is 4.74 Å². The average Bonchev–Trinajstić information content (AvgIpc) is 3.18. The Hall–Kier alpha value is -1.40. The second-order valence-electron chi connectivity index (χ2n) is 6.35. The third-order valence-electron chi connectivity index (χ3n) is 4.57. The van der Waals surface area contributed by atoms with Crippen molar-refractivity contribution in [2.45, 2.75) is 57.2 Å². The molecule has 6 nitrogen and oxygen atoms in total. The van der Waals surface area contributed by atoms with Gasteiger partial charge in [0.1, 0.15) is 18.0 Å². The summed E-state index contributed by atoms with van der Waals surface area (Å²) in [6, 6.07) is 2.49. The van der Waals surface area contributed by atoms with Gasteiger partial charge in [-0.3, -0.25) is 0 Å². The summed E-state index contributed by atoms with van der Waals surface area (Å²) in [6.45, 7) is 4.19. The van der Waals surface area contributed by atoms with E-state index in [2.05, 4.69) is 27.1 Å². The maximum Gasteiger partial charge on any atom is 0.134 e. The van der Waals surface area contributed by atoms with Crippen LogP contribution in [0.3, 0.4) is 0 Å². The largest absolute Gasteiger partial charge is 0.394 e. The van der Waals surface area contributed by atoms with E-state index in [1.54, 1.807) is 6.33 Å². The van der Waals surface area contributed by atoms with E-state index in [-0.39, 0.29) is 12.6 Å². The van der Waals surface area contributed by atoms with Gasteiger partial charge in [0.2, 0.25) is 0 Å². The maximum atomic E-state index is 9.46. The van der Waals surface area contributed by atoms with Crippen molar-refractivity contribution in [2.75, 3.05) is 30.0 Å². The standard InChI is InChI=1S/C16H26N4O2/c1-12(8-14-5-3-7-22-14)19-15-9-16(18-11-17-15)20-6-2-4-13(20)10-21/h9,11-14,21H,2-8,10H2,1H3,(H,17,18,19). The Kier molecular flexibility index (Phi) is 5.10. The first-order valence-electron chi connectivity index (χ1n) is 8.34. The zero-order valence-corrected chi connectivity index (χ0v) is 13.2. The van der Waals surface area contributed by atoms with Crippen LogP contribution in [0.5, 0.6) is 0 Å². The molecule has 3 atom stereocenters. The van der Waals surface area contributed by atoms with Gasteiger partial charge in [0.05, 0.1) is 18.8 Å². The van der Waals surface area contributed by atoms with Crippen molar-refractivity contribution in [3.8, 4) is 0 Å². The molecule has 2 N–H and O–H groups in total. The molecule has 3 rings (SSSR count). The van der Waals surface area contributed by atoms with Crippen LogP contribution >= 0.6 is 0 Å². The van der Waals surface area contributed by atoms with E-state index in [0.717, 1.165) is 50.5 Å². The molecule has 2 saturated heterocycles. The minimum atomic E-state index is 0.183. The quantitative estimate of drug-likeness (QED) is 0.835. The molecule has 1 aromatic heterocycles. The number of anilines is 2. The van der Waals surface area contributed by atoms with Gasteiger partial charge in [0.15, 0.2) is 0 Å². The van der Waals surface area contributed by atoms with Gasteiger partial charge in [0.25, 0.3) is 0 Å². The van der Waals surface area contributed by atoms with Gasteiger partial charge in [-0.15, -0.1) is 0 Å². The Balaban J connectivity index is 1.60. The van der Waals surface area contributed by atoms with E-state index < -0.39 is 0 Å². The van der Waals surface area contributed by atoms with E-state index in [0.29, 0.717) is 12.1 Å². The zero-order chi connectivity index (χ0) is 15.4. The number of aromatic nitrogens is 2. The SMILES string of the molecule is CC(CC1CCCO1)Nc1cc(N2CCCC2CO)ncn1. The normalized spacial score (nSPS) is 26.4. The molecule has 122 valence electrons. The van der Waals surface area contributed by atoms with E-state index in [1.807, 2.05) is 6.07 Å². The smallest absolute Gasteiger partial charge is 0.134 e. The van der Waals surface area contributed by atoms with Crippen molar-refractivity contribution in [2.24, 2.45) is 0 Å². The molecular formula is C16H26N4O2. The zero-order valence-electron chi connectivity index (χ0n) is 13.2. The highest BCUT2D eigenvalue weighted by atomic mass is 16.5. The molecule has 6 heteroatoms. The Labute approximate surface area is 131 Å². The van der Waals surface area contributed by atoms with Gasteiger partial charge in [-0.1, -0.05) is 0 Å². The van der Waals surface area contributed by atoms with Crippen molar-refractivity contribution in [1.29, 1.82) is 0 Å². The molecule has 1 aromatic rings. The Morgan fingerprint density at radius 1 is 1.41 bits per heavy atom. The molecule has 2 aliphatic heterocycles. The van der Waals surface area contributed by atoms with Crippen LogP contribution in [0.25, 0.3) is 0 Å². The van der Waals surface area contributed by atoms with Crippen LogP contribution in [0.15, 0.2) is 12.4 Å². The topological polar surface area (TPSA) is 70.5 Å². The molecule has 0 aromatic carbocycles. The summed E-state index contributed by atoms with van der Waals surface area (Å²) in [5.41, 5.74) is 0. The second kappa shape index (κ2) is 7.24. The lowest BCUT2D eigenvalue weighted by molar-refractivity contribution is 0.101. The lowest BCUT2D eigenvalue weighted by Gasteiger charge is -2.24. The highest BCUT2D eigenvalue weighted by Gasteiger charge is 2.25. The molecule has 0 saturated carbocycles. The fourth-order valence-electron chi connectivity index (χ4n) is 3.45. The molecule has 2 aliphatic rings. The van der Waals surface area contributed by atoms with Gasteiger partial charge in [-0.25, -0.2) is 9.97 Å². The van der Waals surface area contributed by atoms with E-state index in [1.165, 1.54) is 6.42 Å². The number of hydrogen-bond acceptors (Lipinski definition) is 6. The number of nitrogens with zero attached hydrogens (tertiary/aromatic N) is 3. The first-order chi connectivity index (χ1) is 10.8. The Bertz CT molecular complexity index is 479. The highest BCUT2D eigenvalue weighted by molar-refractivity contribution is 5.50. The third kappa shape index (κ3) is 3.67. The van der Waals surface area contributed by atoms with Gasteiger partial charge < -0.3 is 20.1 Å². The molecule has 3 unspecified atom stereocenters. The first kappa shape index (κ1) is 15.5. The molecule has 0 bridgehead atoms. The molecular weight excluding hydrogens is 280 g/mol. The van der Waals surface area contributed by atoms with Crippen LogP contribution < -0.4 is 10.2 Å². The summed E-state index contributed by atoms with van der Waals surface area (Å²) in [4.78, 5) is 10.9. The fraction of sp³-hybridized carbons (Fsp3) is 0.750. The van der Waals surface area contributed by atoms with Crippen LogP contribution in [0.2, 0.25) is 0 Å². The predicted octanol–water partition coefficient (Wildman–Crippen LogP) is 1.81. The van der Waals surface area contributed by atoms with Gasteiger partial charge >= 0.3 is 0 Å². The summed E-state index contributed by atoms with van der Waals surface area (Å²) in [6.07, 6.45) is 7.44. The van der Waals surface area contributed by atoms with Crippen LogP contribution in [0, 0.1) is 0 Å². The number of ether oxygens (including phenoxy) is 1. The lowest BCUT2D eigenvalue weighted by atomic mass is 10.1. The first-order valence-corrected chi connectivity index (χ1v) is 8.34. The van der Waals surface area contributed by atoms with Crippen molar-refractivity contribution >= 4 is 11.6 Å². The summed E-state index contributed by atoms with van der Waals surface area (Å²) in [5.74, 6) is 1.75. The second-order valence-corrected chi connectivity index (χ2v) is 6.35. The summed E-state index contributed by atoms with van der Waals surface area (Å²) in [7, 11) is 0. The maximum absolute atomic E-state index is 9.46. The van der Waals surface area contributed by atoms with Gasteiger partial charge in [-0.05, 0) is 39.0 Å². The predicted molar refractivity (Wildman–Crippen MR) is 86.2 cm³/mol. The van der Waals surface area contributed by atoms with Crippen molar-refractivity contribution in [3.63, 3.8) is 0 Å². The lowest BCUT2D eigenvalue weighted by Crippen LogP contribution is -2.33. The highest BCUT2D eigenvalue weighted by Crippen LogP contribution is 2.25. The minimum absolute atomic E-state index is 0.183. The number of aliphatic hydroxyl groups excluding tert-OH is 1. The average molecular weight is 306 g/mol. The van der Waals surface area contributed by atoms with Crippen molar-refractivity contribution in [3.05, 3.63) is 12.4 Å². The summed E-state index contributed by atoms with van der Waals surface area (Å²) >= 11 is 0. The van der Waals surface area contributed by atoms with Gasteiger partial charge in [0, 0.05) is 25.3 Å². The van der Waals surface area contributed by atoms with E-state index >= 15 is 0 Å². The van der Waals surface area contributed by atoms with Crippen molar-refractivity contribution < 1.29 is 9.84 Å². The fourth-order valence-corrected chi connectivity index (χ4v) is 3.45. The molecule has 2 fully saturated rings.